The van der Waals surface area contributed by atoms with Gasteiger partial charge in [0.1, 0.15) is 24.5 Å². The Balaban J connectivity index is 1.36. The third kappa shape index (κ3) is 4.82. The first-order valence-electron chi connectivity index (χ1n) is 9.69. The highest BCUT2D eigenvalue weighted by Crippen LogP contribution is 2.22. The van der Waals surface area contributed by atoms with Gasteiger partial charge in [0.2, 0.25) is 0 Å². The lowest BCUT2D eigenvalue weighted by atomic mass is 10.1. The molecule has 3 aromatic carbocycles. The fourth-order valence-corrected chi connectivity index (χ4v) is 3.18. The van der Waals surface area contributed by atoms with Gasteiger partial charge >= 0.3 is 0 Å². The summed E-state index contributed by atoms with van der Waals surface area (Å²) >= 11 is 0. The zero-order valence-corrected chi connectivity index (χ0v) is 16.4. The van der Waals surface area contributed by atoms with Gasteiger partial charge in [-0.15, -0.1) is 0 Å². The molecule has 1 heterocycles. The van der Waals surface area contributed by atoms with Crippen molar-refractivity contribution in [2.45, 2.75) is 20.0 Å². The van der Waals surface area contributed by atoms with Crippen LogP contribution < -0.4 is 15.8 Å². The van der Waals surface area contributed by atoms with Crippen molar-refractivity contribution in [1.82, 2.24) is 9.97 Å². The van der Waals surface area contributed by atoms with E-state index < -0.39 is 0 Å². The number of benzene rings is 3. The Hall–Kier alpha value is -3.60. The second-order valence-corrected chi connectivity index (χ2v) is 7.10. The van der Waals surface area contributed by atoms with E-state index in [0.29, 0.717) is 12.3 Å². The van der Waals surface area contributed by atoms with Crippen molar-refractivity contribution in [2.24, 2.45) is 0 Å². The molecule has 0 saturated heterocycles. The van der Waals surface area contributed by atoms with Crippen molar-refractivity contribution < 1.29 is 4.74 Å². The quantitative estimate of drug-likeness (QED) is 0.450. The van der Waals surface area contributed by atoms with Gasteiger partial charge in [-0.2, -0.15) is 0 Å². The molecule has 0 aliphatic rings. The first-order chi connectivity index (χ1) is 14.2. The SMILES string of the molecule is Cc1ccc(COc2cccc(CCNc3ncnc4ccc(N)cc34)c2)cc1. The number of rotatable bonds is 7. The van der Waals surface area contributed by atoms with Gasteiger partial charge in [0.05, 0.1) is 5.52 Å². The molecule has 146 valence electrons. The number of nitrogen functional groups attached to an aromatic ring is 1. The van der Waals surface area contributed by atoms with Crippen LogP contribution in [0.1, 0.15) is 16.7 Å². The fourth-order valence-electron chi connectivity index (χ4n) is 3.18. The summed E-state index contributed by atoms with van der Waals surface area (Å²) in [5, 5.41) is 4.33. The lowest BCUT2D eigenvalue weighted by molar-refractivity contribution is 0.306. The number of nitrogens with zero attached hydrogens (tertiary/aromatic N) is 2. The largest absolute Gasteiger partial charge is 0.489 e. The lowest BCUT2D eigenvalue weighted by Crippen LogP contribution is -2.07. The number of aryl methyl sites for hydroxylation is 1. The van der Waals surface area contributed by atoms with Crippen molar-refractivity contribution in [3.8, 4) is 5.75 Å². The first kappa shape index (κ1) is 18.7. The minimum Gasteiger partial charge on any atom is -0.489 e. The maximum atomic E-state index is 5.95. The number of anilines is 2. The summed E-state index contributed by atoms with van der Waals surface area (Å²) in [4.78, 5) is 8.65. The molecule has 1 aromatic heterocycles. The number of fused-ring (bicyclic) bond motifs is 1. The van der Waals surface area contributed by atoms with Gasteiger partial charge in [-0.25, -0.2) is 9.97 Å². The summed E-state index contributed by atoms with van der Waals surface area (Å²) in [5.74, 6) is 1.68. The Morgan fingerprint density at radius 2 is 1.79 bits per heavy atom. The number of hydrogen-bond acceptors (Lipinski definition) is 5. The van der Waals surface area contributed by atoms with Crippen LogP contribution >= 0.6 is 0 Å². The van der Waals surface area contributed by atoms with Crippen LogP contribution in [0.25, 0.3) is 10.9 Å². The van der Waals surface area contributed by atoms with Gasteiger partial charge in [0.15, 0.2) is 0 Å². The Labute approximate surface area is 170 Å². The summed E-state index contributed by atoms with van der Waals surface area (Å²) in [5.41, 5.74) is 11.1. The fraction of sp³-hybridized carbons (Fsp3) is 0.167. The average molecular weight is 384 g/mol. The van der Waals surface area contributed by atoms with Gasteiger partial charge in [-0.3, -0.25) is 0 Å². The maximum Gasteiger partial charge on any atom is 0.137 e. The van der Waals surface area contributed by atoms with E-state index in [0.717, 1.165) is 41.0 Å². The topological polar surface area (TPSA) is 73.1 Å². The highest BCUT2D eigenvalue weighted by atomic mass is 16.5. The van der Waals surface area contributed by atoms with Crippen molar-refractivity contribution >= 4 is 22.4 Å². The summed E-state index contributed by atoms with van der Waals surface area (Å²) < 4.78 is 5.95. The van der Waals surface area contributed by atoms with E-state index in [1.165, 1.54) is 11.1 Å². The van der Waals surface area contributed by atoms with Gasteiger partial charge in [0.25, 0.3) is 0 Å². The monoisotopic (exact) mass is 384 g/mol. The van der Waals surface area contributed by atoms with E-state index in [4.69, 9.17) is 10.5 Å². The molecule has 0 aliphatic carbocycles. The van der Waals surface area contributed by atoms with E-state index >= 15 is 0 Å². The van der Waals surface area contributed by atoms with Crippen molar-refractivity contribution in [3.63, 3.8) is 0 Å². The minimum atomic E-state index is 0.566. The van der Waals surface area contributed by atoms with Crippen LogP contribution in [0.3, 0.4) is 0 Å². The second-order valence-electron chi connectivity index (χ2n) is 7.10. The highest BCUT2D eigenvalue weighted by molar-refractivity contribution is 5.91. The molecule has 29 heavy (non-hydrogen) atoms. The normalized spacial score (nSPS) is 10.8. The van der Waals surface area contributed by atoms with Crippen LogP contribution in [0.2, 0.25) is 0 Å². The number of ether oxygens (including phenoxy) is 1. The predicted molar refractivity (Wildman–Crippen MR) is 118 cm³/mol. The van der Waals surface area contributed by atoms with E-state index in [1.807, 2.05) is 30.3 Å². The summed E-state index contributed by atoms with van der Waals surface area (Å²) in [6, 6.07) is 22.3. The third-order valence-electron chi connectivity index (χ3n) is 4.79. The molecule has 0 saturated carbocycles. The van der Waals surface area contributed by atoms with Crippen LogP contribution in [-0.2, 0) is 13.0 Å². The Kier molecular flexibility index (Phi) is 5.56. The summed E-state index contributed by atoms with van der Waals surface area (Å²) in [6.45, 7) is 3.40. The molecule has 0 atom stereocenters. The Morgan fingerprint density at radius 1 is 0.931 bits per heavy atom. The minimum absolute atomic E-state index is 0.566. The number of nitrogens with one attached hydrogen (secondary N) is 1. The molecule has 3 N–H and O–H groups in total. The van der Waals surface area contributed by atoms with Gasteiger partial charge in [-0.1, -0.05) is 42.0 Å². The molecular weight excluding hydrogens is 360 g/mol. The predicted octanol–water partition coefficient (Wildman–Crippen LogP) is 4.75. The molecular formula is C24H24N4O. The van der Waals surface area contributed by atoms with Crippen LogP contribution in [0.4, 0.5) is 11.5 Å². The molecule has 4 rings (SSSR count). The Morgan fingerprint density at radius 3 is 2.66 bits per heavy atom. The van der Waals surface area contributed by atoms with Crippen LogP contribution in [0.5, 0.6) is 5.75 Å². The van der Waals surface area contributed by atoms with Crippen molar-refractivity contribution in [3.05, 3.63) is 89.7 Å². The molecule has 5 heteroatoms. The highest BCUT2D eigenvalue weighted by Gasteiger charge is 2.04. The van der Waals surface area contributed by atoms with Crippen molar-refractivity contribution in [2.75, 3.05) is 17.6 Å². The molecule has 0 unspecified atom stereocenters. The molecule has 0 spiro atoms. The molecule has 0 bridgehead atoms. The number of aromatic nitrogens is 2. The molecule has 0 aliphatic heterocycles. The van der Waals surface area contributed by atoms with E-state index in [9.17, 15) is 0 Å². The molecule has 0 amide bonds. The van der Waals surface area contributed by atoms with Crippen molar-refractivity contribution in [1.29, 1.82) is 0 Å². The van der Waals surface area contributed by atoms with Gasteiger partial charge in [-0.05, 0) is 54.8 Å². The van der Waals surface area contributed by atoms with Crippen LogP contribution in [0, 0.1) is 6.92 Å². The molecule has 5 nitrogen and oxygen atoms in total. The number of hydrogen-bond donors (Lipinski definition) is 2. The molecule has 0 radical (unpaired) electrons. The van der Waals surface area contributed by atoms with Crippen LogP contribution in [-0.4, -0.2) is 16.5 Å². The zero-order chi connectivity index (χ0) is 20.1. The average Bonchev–Trinajstić information content (AvgIpc) is 2.74. The van der Waals surface area contributed by atoms with E-state index in [-0.39, 0.29) is 0 Å². The number of nitrogens with two attached hydrogens (primary N) is 1. The second kappa shape index (κ2) is 8.61. The van der Waals surface area contributed by atoms with E-state index in [1.54, 1.807) is 6.33 Å². The Bertz CT molecular complexity index is 1110. The van der Waals surface area contributed by atoms with Gasteiger partial charge in [0, 0.05) is 17.6 Å². The third-order valence-corrected chi connectivity index (χ3v) is 4.79. The molecule has 0 fully saturated rings. The van der Waals surface area contributed by atoms with Crippen LogP contribution in [0.15, 0.2) is 73.1 Å². The zero-order valence-electron chi connectivity index (χ0n) is 16.4. The summed E-state index contributed by atoms with van der Waals surface area (Å²) in [7, 11) is 0. The van der Waals surface area contributed by atoms with E-state index in [2.05, 4.69) is 58.6 Å². The summed E-state index contributed by atoms with van der Waals surface area (Å²) in [6.07, 6.45) is 2.43. The van der Waals surface area contributed by atoms with Gasteiger partial charge < -0.3 is 15.8 Å². The smallest absolute Gasteiger partial charge is 0.137 e. The molecule has 4 aromatic rings. The lowest BCUT2D eigenvalue weighted by Gasteiger charge is -2.10. The maximum absolute atomic E-state index is 5.95. The first-order valence-corrected chi connectivity index (χ1v) is 9.69. The standard InChI is InChI=1S/C24H24N4O/c1-17-5-7-19(8-6-17)15-29-21-4-2-3-18(13-21)11-12-26-24-22-14-20(25)9-10-23(22)27-16-28-24/h2-10,13-14,16H,11-12,15,25H2,1H3,(H,26,27,28).